The number of carbonyl (C=O) groups is 15. The largest absolute Gasteiger partial charge is 0.466 e. The average molecular weight is 1600 g/mol. The number of hydrogen-bond acceptors (Lipinski definition) is 25. The molecule has 0 fully saturated rings. The van der Waals surface area contributed by atoms with E-state index in [1.54, 1.807) is 19.1 Å². The molecule has 5 rings (SSSR count). The van der Waals surface area contributed by atoms with E-state index in [0.29, 0.717) is 19.0 Å². The molecule has 34 heteroatoms. The highest BCUT2D eigenvalue weighted by Crippen LogP contribution is 2.18. The first-order chi connectivity index (χ1) is 55.0. The molecule has 0 radical (unpaired) electrons. The van der Waals surface area contributed by atoms with Crippen molar-refractivity contribution >= 4 is 89.7 Å². The molecule has 0 aliphatic heterocycles. The minimum Gasteiger partial charge on any atom is -0.466 e. The van der Waals surface area contributed by atoms with Crippen LogP contribution in [0, 0.1) is 5.92 Å². The summed E-state index contributed by atoms with van der Waals surface area (Å²) in [5.74, 6) is -6.65. The number of rotatable bonds is 34. The van der Waals surface area contributed by atoms with Crippen molar-refractivity contribution in [2.45, 2.75) is 77.8 Å². The van der Waals surface area contributed by atoms with Crippen LogP contribution in [0.1, 0.15) is 99.6 Å². The lowest BCUT2D eigenvalue weighted by Crippen LogP contribution is -2.42. The Bertz CT molecular complexity index is 3990. The molecule has 0 aromatic heterocycles. The van der Waals surface area contributed by atoms with Gasteiger partial charge in [0.05, 0.1) is 65.8 Å². The van der Waals surface area contributed by atoms with Crippen LogP contribution < -0.4 is 47.9 Å². The van der Waals surface area contributed by atoms with E-state index in [-0.39, 0.29) is 63.1 Å². The van der Waals surface area contributed by atoms with Crippen molar-refractivity contribution in [1.82, 2.24) is 47.9 Å². The normalized spacial score (nSPS) is 11.7. The third-order valence-electron chi connectivity index (χ3n) is 14.0. The van der Waals surface area contributed by atoms with Crippen molar-refractivity contribution in [2.24, 2.45) is 5.92 Å². The molecule has 5 aromatic rings. The molecule has 620 valence electrons. The summed E-state index contributed by atoms with van der Waals surface area (Å²) >= 11 is 0. The van der Waals surface area contributed by atoms with Gasteiger partial charge in [-0.3, -0.25) is 4.79 Å². The lowest BCUT2D eigenvalue weighted by atomic mass is 10.1. The van der Waals surface area contributed by atoms with Crippen LogP contribution in [0.2, 0.25) is 0 Å². The molecule has 5 atom stereocenters. The Labute approximate surface area is 666 Å². The van der Waals surface area contributed by atoms with Crippen LogP contribution in [-0.4, -0.2) is 184 Å². The van der Waals surface area contributed by atoms with E-state index in [2.05, 4.69) is 71.5 Å². The Balaban J connectivity index is 0.000000720. The van der Waals surface area contributed by atoms with Crippen molar-refractivity contribution in [3.63, 3.8) is 0 Å². The molecular formula is C81H101N9O25. The number of amides is 9. The standard InChI is InChI=1S/C18H24N2O5.C17H22N2O5.C16H20N2O5.C15H18N2O5.C15H17NO5/c1-13(2)11-19-18(23)20-15(14-7-5-4-6-8-14)12-25-17(22)10-9-16(21)24-3;1-12(2)18-17(22)19-14(13-7-5-4-6-8-13)11-24-16(21)10-9-15(20)23-3;1-3-17-16(21)18-13(12-7-5-4-6-8-12)11-23-15(20)10-9-14(19)22-2;1-16-15(20)17-12(11-6-4-3-5-7-11)10-22-14(19)9-8-13(18)21-2;1-11(17)16-13(12-6-4-3-5-7-12)10-21-15(19)9-8-14(18)20-2/h4-10,13,15H,11-12H2,1-3H3,(H2,19,20,23);4-10,12,14H,11H2,1-3H3,(H2,18,19,22);4-10,13H,3,11H2,1-2H3,(H2,17,18,21);3-9,12H,10H2,1-2H3,(H2,16,17,20);3-9,13H,10H2,1-2H3,(H,16,17)/b3*10-9+;2*9-8+/t15-;14-;13-;12-;13-/m00000/s1. The highest BCUT2D eigenvalue weighted by atomic mass is 16.6. The second kappa shape index (κ2) is 59.9. The maximum absolute atomic E-state index is 12.0. The summed E-state index contributed by atoms with van der Waals surface area (Å²) in [5, 5.41) is 24.1. The number of methoxy groups -OCH3 is 5. The number of nitrogens with one attached hydrogen (secondary N) is 9. The second-order valence-corrected chi connectivity index (χ2v) is 23.7. The molecule has 0 bridgehead atoms. The monoisotopic (exact) mass is 1600 g/mol. The van der Waals surface area contributed by atoms with Gasteiger partial charge in [0.1, 0.15) is 33.0 Å². The summed E-state index contributed by atoms with van der Waals surface area (Å²) < 4.78 is 47.2. The smallest absolute Gasteiger partial charge is 0.331 e. The molecule has 9 N–H and O–H groups in total. The number of carbonyl (C=O) groups excluding carboxylic acids is 15. The van der Waals surface area contributed by atoms with Gasteiger partial charge in [0.15, 0.2) is 0 Å². The summed E-state index contributed by atoms with van der Waals surface area (Å²) in [6.07, 6.45) is 9.72. The zero-order valence-electron chi connectivity index (χ0n) is 65.9. The fraction of sp³-hybridized carbons (Fsp3) is 0.321. The SMILES string of the molecule is CCNC(=O)N[C@@H](COC(=O)/C=C/C(=O)OC)c1ccccc1.CNC(=O)N[C@@H](COC(=O)/C=C/C(=O)OC)c1ccccc1.COC(=O)/C=C/C(=O)OC[C@H](NC(=O)NC(C)C)c1ccccc1.COC(=O)/C=C/C(=O)OC[C@H](NC(=O)NCC(C)C)c1ccccc1.COC(=O)/C=C/C(=O)OC[C@H](NC(C)=O)c1ccccc1. The molecule has 0 aliphatic rings. The number of hydrogen-bond donors (Lipinski definition) is 9. The maximum Gasteiger partial charge on any atom is 0.331 e. The first-order valence-corrected chi connectivity index (χ1v) is 35.3. The number of urea groups is 4. The van der Waals surface area contributed by atoms with Crippen LogP contribution in [0.3, 0.4) is 0 Å². The maximum atomic E-state index is 12.0. The molecule has 9 amide bonds. The minimum atomic E-state index is -0.704. The van der Waals surface area contributed by atoms with Gasteiger partial charge in [-0.2, -0.15) is 0 Å². The molecule has 0 saturated heterocycles. The van der Waals surface area contributed by atoms with Crippen LogP contribution in [0.4, 0.5) is 19.2 Å². The van der Waals surface area contributed by atoms with Crippen molar-refractivity contribution < 1.29 is 119 Å². The molecule has 0 heterocycles. The van der Waals surface area contributed by atoms with Crippen molar-refractivity contribution in [2.75, 3.05) is 88.7 Å². The fourth-order valence-electron chi connectivity index (χ4n) is 8.44. The average Bonchev–Trinajstić information content (AvgIpc) is 0.907. The van der Waals surface area contributed by atoms with E-state index >= 15 is 0 Å². The number of esters is 10. The van der Waals surface area contributed by atoms with Crippen molar-refractivity contribution in [3.8, 4) is 0 Å². The zero-order chi connectivity index (χ0) is 85.7. The number of benzene rings is 5. The first-order valence-electron chi connectivity index (χ1n) is 35.3. The van der Waals surface area contributed by atoms with Gasteiger partial charge in [0.2, 0.25) is 5.91 Å². The second-order valence-electron chi connectivity index (χ2n) is 23.7. The van der Waals surface area contributed by atoms with Crippen molar-refractivity contribution in [1.29, 1.82) is 0 Å². The van der Waals surface area contributed by atoms with Crippen LogP contribution >= 0.6 is 0 Å². The van der Waals surface area contributed by atoms with Crippen LogP contribution in [0.15, 0.2) is 212 Å². The quantitative estimate of drug-likeness (QED) is 0.0113. The fourth-order valence-corrected chi connectivity index (χ4v) is 8.44. The van der Waals surface area contributed by atoms with Gasteiger partial charge in [0.25, 0.3) is 0 Å². The van der Waals surface area contributed by atoms with E-state index in [1.807, 2.05) is 167 Å². The molecular weight excluding hydrogens is 1500 g/mol. The Morgan fingerprint density at radius 3 is 0.722 bits per heavy atom. The summed E-state index contributed by atoms with van der Waals surface area (Å²) in [4.78, 5) is 171. The Morgan fingerprint density at radius 2 is 0.513 bits per heavy atom. The first kappa shape index (κ1) is 99.1. The van der Waals surface area contributed by atoms with E-state index in [9.17, 15) is 71.9 Å². The predicted octanol–water partition coefficient (Wildman–Crippen LogP) is 7.05. The molecule has 0 spiro atoms. The van der Waals surface area contributed by atoms with Gasteiger partial charge < -0.3 is 95.2 Å². The topological polar surface area (TPSA) is 457 Å². The predicted molar refractivity (Wildman–Crippen MR) is 418 cm³/mol. The van der Waals surface area contributed by atoms with Gasteiger partial charge in [0, 0.05) is 93.9 Å². The van der Waals surface area contributed by atoms with Gasteiger partial charge in [-0.1, -0.05) is 166 Å². The highest BCUT2D eigenvalue weighted by molar-refractivity contribution is 5.94. The summed E-state index contributed by atoms with van der Waals surface area (Å²) in [5.41, 5.74) is 3.99. The van der Waals surface area contributed by atoms with Gasteiger partial charge in [-0.25, -0.2) is 67.1 Å². The zero-order valence-corrected chi connectivity index (χ0v) is 65.9. The van der Waals surface area contributed by atoms with E-state index in [0.717, 1.165) is 88.6 Å². The summed E-state index contributed by atoms with van der Waals surface area (Å²) in [7, 11) is 7.53. The molecule has 0 unspecified atom stereocenters. The number of ether oxygens (including phenoxy) is 10. The Morgan fingerprint density at radius 1 is 0.296 bits per heavy atom. The van der Waals surface area contributed by atoms with Crippen LogP contribution in [0.5, 0.6) is 0 Å². The lowest BCUT2D eigenvalue weighted by molar-refractivity contribution is -0.140. The summed E-state index contributed by atoms with van der Waals surface area (Å²) in [6, 6.07) is 41.6. The molecule has 115 heavy (non-hydrogen) atoms. The van der Waals surface area contributed by atoms with Gasteiger partial charge in [-0.05, 0) is 54.5 Å². The molecule has 5 aromatic carbocycles. The third-order valence-corrected chi connectivity index (χ3v) is 14.0. The molecule has 0 saturated carbocycles. The van der Waals surface area contributed by atoms with E-state index in [1.165, 1.54) is 49.5 Å². The van der Waals surface area contributed by atoms with Crippen LogP contribution in [0.25, 0.3) is 0 Å². The highest BCUT2D eigenvalue weighted by Gasteiger charge is 2.22. The van der Waals surface area contributed by atoms with Gasteiger partial charge >= 0.3 is 83.8 Å². The van der Waals surface area contributed by atoms with E-state index in [4.69, 9.17) is 23.7 Å². The molecule has 0 aliphatic carbocycles. The lowest BCUT2D eigenvalue weighted by Gasteiger charge is -2.20. The van der Waals surface area contributed by atoms with Crippen LogP contribution in [-0.2, 0) is 100 Å². The Kier molecular flexibility index (Phi) is 51.6. The van der Waals surface area contributed by atoms with E-state index < -0.39 is 95.9 Å². The minimum absolute atomic E-state index is 0.0213. The summed E-state index contributed by atoms with van der Waals surface area (Å²) in [6.45, 7) is 11.6. The third kappa shape index (κ3) is 49.0. The Hall–Kier alpha value is -14.0. The van der Waals surface area contributed by atoms with Crippen molar-refractivity contribution in [3.05, 3.63) is 240 Å². The molecule has 34 nitrogen and oxygen atoms in total. The van der Waals surface area contributed by atoms with Gasteiger partial charge in [-0.15, -0.1) is 0 Å².